The average molecular weight is 280 g/mol. The largest absolute Gasteiger partial charge is 0.497 e. The molecule has 5 heteroatoms. The molecule has 2 rings (SSSR count). The van der Waals surface area contributed by atoms with E-state index in [1.165, 1.54) is 0 Å². The van der Waals surface area contributed by atoms with E-state index < -0.39 is 11.9 Å². The van der Waals surface area contributed by atoms with Gasteiger partial charge in [0.15, 0.2) is 12.1 Å². The van der Waals surface area contributed by atoms with E-state index in [1.54, 1.807) is 21.0 Å². The highest BCUT2D eigenvalue weighted by Crippen LogP contribution is 2.27. The highest BCUT2D eigenvalue weighted by atomic mass is 16.8. The van der Waals surface area contributed by atoms with Crippen LogP contribution >= 0.6 is 0 Å². The van der Waals surface area contributed by atoms with E-state index in [1.807, 2.05) is 24.3 Å². The van der Waals surface area contributed by atoms with E-state index in [-0.39, 0.29) is 6.10 Å². The molecular weight excluding hydrogens is 260 g/mol. The van der Waals surface area contributed by atoms with Crippen molar-refractivity contribution in [3.63, 3.8) is 0 Å². The van der Waals surface area contributed by atoms with E-state index in [0.29, 0.717) is 13.2 Å². The minimum Gasteiger partial charge on any atom is -0.497 e. The predicted octanol–water partition coefficient (Wildman–Crippen LogP) is 1.93. The van der Waals surface area contributed by atoms with Crippen LogP contribution in [0, 0.1) is 0 Å². The molecule has 0 saturated carbocycles. The molecule has 0 N–H and O–H groups in total. The van der Waals surface area contributed by atoms with Crippen LogP contribution in [0.3, 0.4) is 0 Å². The molecule has 20 heavy (non-hydrogen) atoms. The Hall–Kier alpha value is -1.43. The number of rotatable bonds is 6. The maximum Gasteiger partial charge on any atom is 0.164 e. The summed E-state index contributed by atoms with van der Waals surface area (Å²) in [5, 5.41) is 0. The zero-order chi connectivity index (χ0) is 14.6. The van der Waals surface area contributed by atoms with Crippen molar-refractivity contribution in [3.05, 3.63) is 29.8 Å². The summed E-state index contributed by atoms with van der Waals surface area (Å²) in [5.74, 6) is 0.0729. The van der Waals surface area contributed by atoms with Gasteiger partial charge in [-0.1, -0.05) is 12.1 Å². The van der Waals surface area contributed by atoms with Crippen molar-refractivity contribution >= 4 is 6.29 Å². The molecule has 0 spiro atoms. The Morgan fingerprint density at radius 2 is 1.95 bits per heavy atom. The first-order valence-electron chi connectivity index (χ1n) is 6.55. The van der Waals surface area contributed by atoms with Crippen molar-refractivity contribution in [2.75, 3.05) is 13.7 Å². The molecule has 1 aliphatic heterocycles. The van der Waals surface area contributed by atoms with Gasteiger partial charge in [-0.05, 0) is 31.5 Å². The molecule has 0 amide bonds. The number of carbonyl (C=O) groups is 1. The second kappa shape index (κ2) is 6.35. The molecule has 0 bridgehead atoms. The lowest BCUT2D eigenvalue weighted by Crippen LogP contribution is -2.28. The minimum atomic E-state index is -0.736. The summed E-state index contributed by atoms with van der Waals surface area (Å²) in [5.41, 5.74) is 1.03. The topological polar surface area (TPSA) is 54.0 Å². The molecule has 5 nitrogen and oxygen atoms in total. The Balaban J connectivity index is 1.81. The minimum absolute atomic E-state index is 0.318. The quantitative estimate of drug-likeness (QED) is 0.745. The van der Waals surface area contributed by atoms with Crippen LogP contribution in [0.25, 0.3) is 0 Å². The standard InChI is InChI=1S/C15H20O5/c1-15(2)19-13(8-16)14(20-15)10-18-9-11-4-6-12(17-3)7-5-11/h4-8,13-14H,9-10H2,1-3H3/t13-,14-/m0/s1. The molecule has 0 unspecified atom stereocenters. The van der Waals surface area contributed by atoms with Crippen LogP contribution in [-0.2, 0) is 25.6 Å². The number of benzene rings is 1. The Kier molecular flexibility index (Phi) is 4.75. The van der Waals surface area contributed by atoms with Crippen LogP contribution in [0.15, 0.2) is 24.3 Å². The second-order valence-electron chi connectivity index (χ2n) is 5.14. The number of methoxy groups -OCH3 is 1. The van der Waals surface area contributed by atoms with Gasteiger partial charge in [-0.25, -0.2) is 0 Å². The van der Waals surface area contributed by atoms with Crippen molar-refractivity contribution in [2.45, 2.75) is 38.4 Å². The summed E-state index contributed by atoms with van der Waals surface area (Å²) in [6.07, 6.45) is -0.169. The molecule has 1 aromatic carbocycles. The number of hydrogen-bond donors (Lipinski definition) is 0. The van der Waals surface area contributed by atoms with Crippen LogP contribution in [0.5, 0.6) is 5.75 Å². The Morgan fingerprint density at radius 3 is 2.55 bits per heavy atom. The molecule has 110 valence electrons. The molecule has 0 aliphatic carbocycles. The van der Waals surface area contributed by atoms with Gasteiger partial charge in [-0.3, -0.25) is 0 Å². The van der Waals surface area contributed by atoms with Gasteiger partial charge < -0.3 is 23.7 Å². The molecule has 1 saturated heterocycles. The fourth-order valence-corrected chi connectivity index (χ4v) is 2.12. The monoisotopic (exact) mass is 280 g/mol. The lowest BCUT2D eigenvalue weighted by atomic mass is 10.2. The zero-order valence-corrected chi connectivity index (χ0v) is 12.0. The molecule has 0 radical (unpaired) electrons. The third-order valence-corrected chi connectivity index (χ3v) is 3.07. The Labute approximate surface area is 118 Å². The lowest BCUT2D eigenvalue weighted by Gasteiger charge is -2.16. The van der Waals surface area contributed by atoms with Gasteiger partial charge in [0.05, 0.1) is 20.3 Å². The van der Waals surface area contributed by atoms with Gasteiger partial charge >= 0.3 is 0 Å². The van der Waals surface area contributed by atoms with Crippen molar-refractivity contribution in [1.29, 1.82) is 0 Å². The third kappa shape index (κ3) is 3.79. The smallest absolute Gasteiger partial charge is 0.164 e. The summed E-state index contributed by atoms with van der Waals surface area (Å²) in [6, 6.07) is 7.63. The Bertz CT molecular complexity index is 440. The van der Waals surface area contributed by atoms with Crippen LogP contribution < -0.4 is 4.74 Å². The van der Waals surface area contributed by atoms with Gasteiger partial charge in [-0.2, -0.15) is 0 Å². The molecule has 1 fully saturated rings. The third-order valence-electron chi connectivity index (χ3n) is 3.07. The van der Waals surface area contributed by atoms with Crippen molar-refractivity contribution in [1.82, 2.24) is 0 Å². The number of hydrogen-bond acceptors (Lipinski definition) is 5. The molecule has 1 aromatic rings. The summed E-state index contributed by atoms with van der Waals surface area (Å²) >= 11 is 0. The van der Waals surface area contributed by atoms with Crippen molar-refractivity contribution in [2.24, 2.45) is 0 Å². The van der Waals surface area contributed by atoms with Gasteiger partial charge in [0.1, 0.15) is 18.0 Å². The average Bonchev–Trinajstić information content (AvgIpc) is 2.74. The van der Waals surface area contributed by atoms with Crippen LogP contribution in [0.2, 0.25) is 0 Å². The normalized spacial score (nSPS) is 24.6. The summed E-state index contributed by atoms with van der Waals surface area (Å²) in [7, 11) is 1.63. The van der Waals surface area contributed by atoms with E-state index in [0.717, 1.165) is 17.6 Å². The number of ether oxygens (including phenoxy) is 4. The molecular formula is C15H20O5. The summed E-state index contributed by atoms with van der Waals surface area (Å²) in [4.78, 5) is 10.9. The van der Waals surface area contributed by atoms with Crippen LogP contribution in [0.1, 0.15) is 19.4 Å². The van der Waals surface area contributed by atoms with Crippen molar-refractivity contribution in [3.8, 4) is 5.75 Å². The fourth-order valence-electron chi connectivity index (χ4n) is 2.12. The summed E-state index contributed by atoms with van der Waals surface area (Å²) < 4.78 is 21.8. The summed E-state index contributed by atoms with van der Waals surface area (Å²) in [6.45, 7) is 4.34. The van der Waals surface area contributed by atoms with Gasteiger partial charge in [0, 0.05) is 0 Å². The van der Waals surface area contributed by atoms with Gasteiger partial charge in [0.2, 0.25) is 0 Å². The van der Waals surface area contributed by atoms with E-state index in [4.69, 9.17) is 18.9 Å². The fraction of sp³-hybridized carbons (Fsp3) is 0.533. The highest BCUT2D eigenvalue weighted by Gasteiger charge is 2.41. The van der Waals surface area contributed by atoms with Crippen LogP contribution in [-0.4, -0.2) is 38.0 Å². The Morgan fingerprint density at radius 1 is 1.25 bits per heavy atom. The lowest BCUT2D eigenvalue weighted by molar-refractivity contribution is -0.153. The van der Waals surface area contributed by atoms with Gasteiger partial charge in [-0.15, -0.1) is 0 Å². The van der Waals surface area contributed by atoms with Gasteiger partial charge in [0.25, 0.3) is 0 Å². The maximum absolute atomic E-state index is 10.9. The van der Waals surface area contributed by atoms with E-state index in [2.05, 4.69) is 0 Å². The molecule has 2 atom stereocenters. The number of aldehydes is 1. The first kappa shape index (κ1) is 15.0. The molecule has 1 heterocycles. The number of carbonyl (C=O) groups excluding carboxylic acids is 1. The maximum atomic E-state index is 10.9. The molecule has 1 aliphatic rings. The van der Waals surface area contributed by atoms with Crippen molar-refractivity contribution < 1.29 is 23.7 Å². The van der Waals surface area contributed by atoms with E-state index >= 15 is 0 Å². The second-order valence-corrected chi connectivity index (χ2v) is 5.14. The first-order chi connectivity index (χ1) is 9.54. The first-order valence-corrected chi connectivity index (χ1v) is 6.55. The SMILES string of the molecule is COc1ccc(COC[C@@H]2OC(C)(C)O[C@H]2C=O)cc1. The predicted molar refractivity (Wildman–Crippen MR) is 72.5 cm³/mol. The van der Waals surface area contributed by atoms with E-state index in [9.17, 15) is 4.79 Å². The highest BCUT2D eigenvalue weighted by molar-refractivity contribution is 5.57. The zero-order valence-electron chi connectivity index (χ0n) is 12.0. The van der Waals surface area contributed by atoms with Crippen LogP contribution in [0.4, 0.5) is 0 Å². The molecule has 0 aromatic heterocycles.